The van der Waals surface area contributed by atoms with Crippen molar-refractivity contribution < 1.29 is 13.2 Å². The molecule has 19 heavy (non-hydrogen) atoms. The van der Waals surface area contributed by atoms with Gasteiger partial charge < -0.3 is 5.32 Å². The lowest BCUT2D eigenvalue weighted by Gasteiger charge is -2.36. The normalized spacial score (nSPS) is 18.7. The Morgan fingerprint density at radius 1 is 1.21 bits per heavy atom. The summed E-state index contributed by atoms with van der Waals surface area (Å²) in [6, 6.07) is 4.43. The molecule has 0 amide bonds. The minimum absolute atomic E-state index is 0. The zero-order valence-electron chi connectivity index (χ0n) is 10.1. The molecule has 1 aliphatic rings. The number of hydrogen-bond acceptors (Lipinski definition) is 2. The van der Waals surface area contributed by atoms with E-state index in [4.69, 9.17) is 11.6 Å². The molecular weight excluding hydrogens is 300 g/mol. The third-order valence-electron chi connectivity index (χ3n) is 2.99. The molecule has 1 saturated heterocycles. The molecule has 0 radical (unpaired) electrons. The summed E-state index contributed by atoms with van der Waals surface area (Å²) in [6.45, 7) is 1.92. The molecule has 2 nitrogen and oxygen atoms in total. The van der Waals surface area contributed by atoms with E-state index in [-0.39, 0.29) is 18.0 Å². The van der Waals surface area contributed by atoms with Gasteiger partial charge in [0.1, 0.15) is 6.04 Å². The van der Waals surface area contributed by atoms with Crippen LogP contribution in [0.15, 0.2) is 24.3 Å². The van der Waals surface area contributed by atoms with Gasteiger partial charge in [-0.1, -0.05) is 23.7 Å². The number of rotatable bonds is 2. The minimum atomic E-state index is -4.29. The van der Waals surface area contributed by atoms with Crippen LogP contribution < -0.4 is 5.32 Å². The molecule has 0 saturated carbocycles. The SMILES string of the molecule is Cl.FC(F)(F)[C@@H](c1cccc(Cl)c1)N1CCNCC1. The molecule has 1 fully saturated rings. The lowest BCUT2D eigenvalue weighted by molar-refractivity contribution is -0.187. The van der Waals surface area contributed by atoms with E-state index in [0.29, 0.717) is 31.2 Å². The lowest BCUT2D eigenvalue weighted by atomic mass is 10.0. The number of nitrogens with one attached hydrogen (secondary N) is 1. The van der Waals surface area contributed by atoms with Crippen LogP contribution in [0.5, 0.6) is 0 Å². The van der Waals surface area contributed by atoms with Crippen molar-refractivity contribution in [2.45, 2.75) is 12.2 Å². The van der Waals surface area contributed by atoms with E-state index in [1.54, 1.807) is 12.1 Å². The highest BCUT2D eigenvalue weighted by Crippen LogP contribution is 2.38. The first-order valence-electron chi connectivity index (χ1n) is 5.75. The van der Waals surface area contributed by atoms with Gasteiger partial charge in [0.15, 0.2) is 0 Å². The Morgan fingerprint density at radius 2 is 1.84 bits per heavy atom. The average Bonchev–Trinajstić information content (AvgIpc) is 2.28. The van der Waals surface area contributed by atoms with Crippen molar-refractivity contribution in [1.82, 2.24) is 10.2 Å². The van der Waals surface area contributed by atoms with Gasteiger partial charge in [0.25, 0.3) is 0 Å². The van der Waals surface area contributed by atoms with Crippen LogP contribution in [0.3, 0.4) is 0 Å². The Hall–Kier alpha value is -0.490. The van der Waals surface area contributed by atoms with Crippen molar-refractivity contribution in [3.63, 3.8) is 0 Å². The summed E-state index contributed by atoms with van der Waals surface area (Å²) in [5.74, 6) is 0. The molecule has 0 bridgehead atoms. The van der Waals surface area contributed by atoms with Crippen LogP contribution in [0.2, 0.25) is 5.02 Å². The molecule has 0 aromatic heterocycles. The maximum Gasteiger partial charge on any atom is 0.408 e. The van der Waals surface area contributed by atoms with Crippen molar-refractivity contribution in [2.24, 2.45) is 0 Å². The van der Waals surface area contributed by atoms with Gasteiger partial charge in [-0.25, -0.2) is 0 Å². The molecule has 1 N–H and O–H groups in total. The Morgan fingerprint density at radius 3 is 2.37 bits per heavy atom. The summed E-state index contributed by atoms with van der Waals surface area (Å²) in [4.78, 5) is 1.45. The fraction of sp³-hybridized carbons (Fsp3) is 0.500. The van der Waals surface area contributed by atoms with E-state index in [1.807, 2.05) is 0 Å². The van der Waals surface area contributed by atoms with Crippen molar-refractivity contribution in [2.75, 3.05) is 26.2 Å². The highest BCUT2D eigenvalue weighted by molar-refractivity contribution is 6.30. The number of alkyl halides is 3. The number of piperazine rings is 1. The van der Waals surface area contributed by atoms with E-state index < -0.39 is 12.2 Å². The highest BCUT2D eigenvalue weighted by Gasteiger charge is 2.44. The maximum absolute atomic E-state index is 13.2. The Kier molecular flexibility index (Phi) is 5.92. The van der Waals surface area contributed by atoms with Gasteiger partial charge in [-0.05, 0) is 17.7 Å². The largest absolute Gasteiger partial charge is 0.408 e. The second-order valence-corrected chi connectivity index (χ2v) is 4.72. The summed E-state index contributed by atoms with van der Waals surface area (Å²) in [5, 5.41) is 3.38. The fourth-order valence-electron chi connectivity index (χ4n) is 2.22. The summed E-state index contributed by atoms with van der Waals surface area (Å²) >= 11 is 5.78. The maximum atomic E-state index is 13.2. The molecule has 7 heteroatoms. The number of hydrogen-bond donors (Lipinski definition) is 1. The summed E-state index contributed by atoms with van der Waals surface area (Å²) < 4.78 is 39.7. The first kappa shape index (κ1) is 16.6. The molecule has 1 aromatic rings. The van der Waals surface area contributed by atoms with Crippen LogP contribution in [-0.2, 0) is 0 Å². The lowest BCUT2D eigenvalue weighted by Crippen LogP contribution is -2.49. The van der Waals surface area contributed by atoms with Crippen molar-refractivity contribution in [3.8, 4) is 0 Å². The monoisotopic (exact) mass is 314 g/mol. The predicted molar refractivity (Wildman–Crippen MR) is 71.9 cm³/mol. The van der Waals surface area contributed by atoms with Gasteiger partial charge in [-0.2, -0.15) is 13.2 Å². The number of halogens is 5. The molecule has 0 spiro atoms. The second-order valence-electron chi connectivity index (χ2n) is 4.29. The Labute approximate surface area is 121 Å². The van der Waals surface area contributed by atoms with Crippen LogP contribution in [0.1, 0.15) is 11.6 Å². The third-order valence-corrected chi connectivity index (χ3v) is 3.23. The van der Waals surface area contributed by atoms with Gasteiger partial charge in [-0.3, -0.25) is 4.90 Å². The first-order valence-corrected chi connectivity index (χ1v) is 6.13. The van der Waals surface area contributed by atoms with Crippen LogP contribution in [0.25, 0.3) is 0 Å². The van der Waals surface area contributed by atoms with E-state index in [2.05, 4.69) is 5.32 Å². The summed E-state index contributed by atoms with van der Waals surface area (Å²) in [6.07, 6.45) is -4.29. The second kappa shape index (κ2) is 6.79. The predicted octanol–water partition coefficient (Wildman–Crippen LogP) is 3.27. The zero-order chi connectivity index (χ0) is 13.2. The smallest absolute Gasteiger partial charge is 0.314 e. The van der Waals surface area contributed by atoms with Crippen LogP contribution in [0, 0.1) is 0 Å². The van der Waals surface area contributed by atoms with Crippen molar-refractivity contribution >= 4 is 24.0 Å². The van der Waals surface area contributed by atoms with E-state index in [1.165, 1.54) is 17.0 Å². The molecule has 2 rings (SSSR count). The standard InChI is InChI=1S/C12H14ClF3N2.ClH/c13-10-3-1-2-9(8-10)11(12(14,15)16)18-6-4-17-5-7-18;/h1-3,8,11,17H,4-7H2;1H/t11-;/m1./s1. The van der Waals surface area contributed by atoms with Crippen molar-refractivity contribution in [1.29, 1.82) is 0 Å². The van der Waals surface area contributed by atoms with Crippen LogP contribution in [-0.4, -0.2) is 37.3 Å². The van der Waals surface area contributed by atoms with Gasteiger partial charge in [0, 0.05) is 31.2 Å². The van der Waals surface area contributed by atoms with Crippen LogP contribution in [0.4, 0.5) is 13.2 Å². The first-order chi connectivity index (χ1) is 8.48. The summed E-state index contributed by atoms with van der Waals surface area (Å²) in [7, 11) is 0. The molecule has 0 aliphatic carbocycles. The van der Waals surface area contributed by atoms with Gasteiger partial charge >= 0.3 is 6.18 Å². The molecule has 108 valence electrons. The van der Waals surface area contributed by atoms with E-state index in [9.17, 15) is 13.2 Å². The Balaban J connectivity index is 0.00000180. The number of nitrogens with zero attached hydrogens (tertiary/aromatic N) is 1. The molecule has 0 unspecified atom stereocenters. The molecule has 1 aromatic carbocycles. The minimum Gasteiger partial charge on any atom is -0.314 e. The summed E-state index contributed by atoms with van der Waals surface area (Å²) in [5.41, 5.74) is 0.205. The number of benzene rings is 1. The van der Waals surface area contributed by atoms with E-state index in [0.717, 1.165) is 0 Å². The van der Waals surface area contributed by atoms with Gasteiger partial charge in [-0.15, -0.1) is 12.4 Å². The molecule has 1 atom stereocenters. The quantitative estimate of drug-likeness (QED) is 0.901. The van der Waals surface area contributed by atoms with E-state index >= 15 is 0 Å². The molecular formula is C12H15Cl2F3N2. The molecule has 1 aliphatic heterocycles. The van der Waals surface area contributed by atoms with Crippen molar-refractivity contribution in [3.05, 3.63) is 34.9 Å². The third kappa shape index (κ3) is 4.24. The zero-order valence-corrected chi connectivity index (χ0v) is 11.7. The van der Waals surface area contributed by atoms with Gasteiger partial charge in [0.05, 0.1) is 0 Å². The average molecular weight is 315 g/mol. The van der Waals surface area contributed by atoms with Crippen LogP contribution >= 0.6 is 24.0 Å². The highest BCUT2D eigenvalue weighted by atomic mass is 35.5. The fourth-order valence-corrected chi connectivity index (χ4v) is 2.42. The van der Waals surface area contributed by atoms with Gasteiger partial charge in [0.2, 0.25) is 0 Å². The Bertz CT molecular complexity index is 406. The topological polar surface area (TPSA) is 15.3 Å². The molecule has 1 heterocycles.